The molecule has 0 aliphatic rings. The molecule has 0 saturated heterocycles. The number of rotatable bonds is 4. The summed E-state index contributed by atoms with van der Waals surface area (Å²) in [5.74, 6) is 0.487. The summed E-state index contributed by atoms with van der Waals surface area (Å²) in [5.41, 5.74) is 0.523. The number of ether oxygens (including phenoxy) is 1. The molecule has 0 saturated carbocycles. The highest BCUT2D eigenvalue weighted by molar-refractivity contribution is 5.97. The second kappa shape index (κ2) is 5.16. The van der Waals surface area contributed by atoms with Crippen LogP contribution in [-0.4, -0.2) is 11.9 Å². The molecule has 0 aliphatic carbocycles. The minimum atomic E-state index is -0.174. The highest BCUT2D eigenvalue weighted by Gasteiger charge is 2.06. The molecule has 0 amide bonds. The first-order chi connectivity index (χ1) is 7.13. The summed E-state index contributed by atoms with van der Waals surface area (Å²) in [4.78, 5) is 11.4. The van der Waals surface area contributed by atoms with Gasteiger partial charge in [-0.2, -0.15) is 5.26 Å². The quantitative estimate of drug-likeness (QED) is 0.706. The molecule has 3 heteroatoms. The van der Waals surface area contributed by atoms with Gasteiger partial charge in [-0.1, -0.05) is 12.1 Å². The summed E-state index contributed by atoms with van der Waals surface area (Å²) in [6, 6.07) is 8.74. The van der Waals surface area contributed by atoms with Crippen LogP contribution in [-0.2, 0) is 0 Å². The minimum Gasteiger partial charge on any atom is -0.491 e. The van der Waals surface area contributed by atoms with Crippen molar-refractivity contribution in [1.82, 2.24) is 0 Å². The Morgan fingerprint density at radius 3 is 2.87 bits per heavy atom. The predicted octanol–water partition coefficient (Wildman–Crippen LogP) is 2.57. The predicted molar refractivity (Wildman–Crippen MR) is 56.8 cm³/mol. The van der Waals surface area contributed by atoms with Crippen LogP contribution < -0.4 is 4.74 Å². The summed E-state index contributed by atoms with van der Waals surface area (Å²) >= 11 is 0. The SMILES string of the molecule is CC(C)Oc1cccc(C(=O)CC#N)c1. The van der Waals surface area contributed by atoms with E-state index >= 15 is 0 Å². The molecule has 0 atom stereocenters. The van der Waals surface area contributed by atoms with Gasteiger partial charge in [-0.25, -0.2) is 0 Å². The normalized spacial score (nSPS) is 9.73. The van der Waals surface area contributed by atoms with Crippen molar-refractivity contribution in [3.63, 3.8) is 0 Å². The zero-order chi connectivity index (χ0) is 11.3. The van der Waals surface area contributed by atoms with Gasteiger partial charge in [-0.15, -0.1) is 0 Å². The average Bonchev–Trinajstić information content (AvgIpc) is 2.17. The third-order valence-electron chi connectivity index (χ3n) is 1.77. The molecule has 0 fully saturated rings. The Morgan fingerprint density at radius 1 is 1.53 bits per heavy atom. The van der Waals surface area contributed by atoms with Gasteiger partial charge in [0.2, 0.25) is 0 Å². The molecule has 0 heterocycles. The zero-order valence-electron chi connectivity index (χ0n) is 8.86. The number of nitrogens with zero attached hydrogens (tertiary/aromatic N) is 1. The number of nitriles is 1. The van der Waals surface area contributed by atoms with Crippen LogP contribution in [0.2, 0.25) is 0 Å². The van der Waals surface area contributed by atoms with E-state index in [0.717, 1.165) is 0 Å². The van der Waals surface area contributed by atoms with E-state index in [1.807, 2.05) is 19.9 Å². The Hall–Kier alpha value is -1.82. The van der Waals surface area contributed by atoms with E-state index in [4.69, 9.17) is 10.00 Å². The molecule has 1 rings (SSSR count). The standard InChI is InChI=1S/C12H13NO2/c1-9(2)15-11-5-3-4-10(8-11)12(14)6-7-13/h3-5,8-9H,6H2,1-2H3. The van der Waals surface area contributed by atoms with Crippen molar-refractivity contribution in [3.05, 3.63) is 29.8 Å². The van der Waals surface area contributed by atoms with Gasteiger partial charge in [0, 0.05) is 5.56 Å². The number of Topliss-reactive ketones (excluding diaryl/α,β-unsaturated/α-hetero) is 1. The molecule has 0 aliphatic heterocycles. The topological polar surface area (TPSA) is 50.1 Å². The number of carbonyl (C=O) groups excluding carboxylic acids is 1. The Bertz CT molecular complexity index is 391. The Kier molecular flexibility index (Phi) is 3.87. The fourth-order valence-corrected chi connectivity index (χ4v) is 1.19. The van der Waals surface area contributed by atoms with Crippen molar-refractivity contribution in [2.45, 2.75) is 26.4 Å². The molecule has 3 nitrogen and oxygen atoms in total. The van der Waals surface area contributed by atoms with Crippen LogP contribution in [0.15, 0.2) is 24.3 Å². The summed E-state index contributed by atoms with van der Waals surface area (Å²) < 4.78 is 5.45. The van der Waals surface area contributed by atoms with Crippen LogP contribution in [0.25, 0.3) is 0 Å². The second-order valence-electron chi connectivity index (χ2n) is 3.45. The van der Waals surface area contributed by atoms with Gasteiger partial charge in [0.25, 0.3) is 0 Å². The number of carbonyl (C=O) groups is 1. The van der Waals surface area contributed by atoms with Crippen molar-refractivity contribution in [2.75, 3.05) is 0 Å². The van der Waals surface area contributed by atoms with Crippen molar-refractivity contribution in [1.29, 1.82) is 5.26 Å². The van der Waals surface area contributed by atoms with Gasteiger partial charge in [-0.05, 0) is 26.0 Å². The molecule has 0 aromatic heterocycles. The first-order valence-electron chi connectivity index (χ1n) is 4.80. The highest BCUT2D eigenvalue weighted by atomic mass is 16.5. The van der Waals surface area contributed by atoms with Gasteiger partial charge in [0.15, 0.2) is 5.78 Å². The van der Waals surface area contributed by atoms with E-state index < -0.39 is 0 Å². The van der Waals surface area contributed by atoms with E-state index in [9.17, 15) is 4.79 Å². The molecule has 1 aromatic carbocycles. The Morgan fingerprint density at radius 2 is 2.27 bits per heavy atom. The first-order valence-corrected chi connectivity index (χ1v) is 4.80. The molecular formula is C12H13NO2. The highest BCUT2D eigenvalue weighted by Crippen LogP contribution is 2.15. The third kappa shape index (κ3) is 3.43. The van der Waals surface area contributed by atoms with Crippen LogP contribution in [0.4, 0.5) is 0 Å². The molecule has 1 aromatic rings. The first kappa shape index (κ1) is 11.3. The van der Waals surface area contributed by atoms with Gasteiger partial charge in [0.1, 0.15) is 5.75 Å². The number of ketones is 1. The molecule has 0 spiro atoms. The van der Waals surface area contributed by atoms with Gasteiger partial charge >= 0.3 is 0 Å². The molecule has 78 valence electrons. The molecule has 0 radical (unpaired) electrons. The largest absolute Gasteiger partial charge is 0.491 e. The lowest BCUT2D eigenvalue weighted by molar-refractivity contribution is 0.0997. The van der Waals surface area contributed by atoms with Crippen LogP contribution >= 0.6 is 0 Å². The maximum atomic E-state index is 11.4. The van der Waals surface area contributed by atoms with Crippen LogP contribution in [0.1, 0.15) is 30.6 Å². The van der Waals surface area contributed by atoms with Crippen molar-refractivity contribution < 1.29 is 9.53 Å². The lowest BCUT2D eigenvalue weighted by Crippen LogP contribution is -2.06. The molecule has 15 heavy (non-hydrogen) atoms. The van der Waals surface area contributed by atoms with Gasteiger partial charge < -0.3 is 4.74 Å². The number of benzene rings is 1. The molecular weight excluding hydrogens is 190 g/mol. The monoisotopic (exact) mass is 203 g/mol. The fraction of sp³-hybridized carbons (Fsp3) is 0.333. The van der Waals surface area contributed by atoms with Crippen molar-refractivity contribution >= 4 is 5.78 Å². The summed E-state index contributed by atoms with van der Waals surface area (Å²) in [6.07, 6.45) is -0.0168. The fourth-order valence-electron chi connectivity index (χ4n) is 1.19. The number of hydrogen-bond acceptors (Lipinski definition) is 3. The smallest absolute Gasteiger partial charge is 0.177 e. The number of hydrogen-bond donors (Lipinski definition) is 0. The Balaban J connectivity index is 2.83. The Labute approximate surface area is 89.3 Å². The summed E-state index contributed by atoms with van der Waals surface area (Å²) in [7, 11) is 0. The van der Waals surface area contributed by atoms with Crippen LogP contribution in [0.3, 0.4) is 0 Å². The van der Waals surface area contributed by atoms with Crippen LogP contribution in [0, 0.1) is 11.3 Å². The molecule has 0 unspecified atom stereocenters. The van der Waals surface area contributed by atoms with Gasteiger partial charge in [0.05, 0.1) is 18.6 Å². The minimum absolute atomic E-state index is 0.0753. The van der Waals surface area contributed by atoms with Crippen LogP contribution in [0.5, 0.6) is 5.75 Å². The maximum absolute atomic E-state index is 11.4. The van der Waals surface area contributed by atoms with E-state index in [1.165, 1.54) is 0 Å². The zero-order valence-corrected chi connectivity index (χ0v) is 8.86. The average molecular weight is 203 g/mol. The lowest BCUT2D eigenvalue weighted by Gasteiger charge is -2.09. The van der Waals surface area contributed by atoms with E-state index in [1.54, 1.807) is 24.3 Å². The molecule has 0 N–H and O–H groups in total. The maximum Gasteiger partial charge on any atom is 0.177 e. The van der Waals surface area contributed by atoms with E-state index in [2.05, 4.69) is 0 Å². The third-order valence-corrected chi connectivity index (χ3v) is 1.77. The molecule has 0 bridgehead atoms. The van der Waals surface area contributed by atoms with Gasteiger partial charge in [-0.3, -0.25) is 4.79 Å². The summed E-state index contributed by atoms with van der Waals surface area (Å²) in [5, 5.41) is 8.41. The van der Waals surface area contributed by atoms with Crippen molar-refractivity contribution in [3.8, 4) is 11.8 Å². The lowest BCUT2D eigenvalue weighted by atomic mass is 10.1. The van der Waals surface area contributed by atoms with E-state index in [0.29, 0.717) is 11.3 Å². The second-order valence-corrected chi connectivity index (χ2v) is 3.45. The summed E-state index contributed by atoms with van der Waals surface area (Å²) in [6.45, 7) is 3.84. The van der Waals surface area contributed by atoms with E-state index in [-0.39, 0.29) is 18.3 Å². The van der Waals surface area contributed by atoms with Crippen molar-refractivity contribution in [2.24, 2.45) is 0 Å².